The third-order valence-electron chi connectivity index (χ3n) is 6.27. The van der Waals surface area contributed by atoms with Gasteiger partial charge >= 0.3 is 0 Å². The Labute approximate surface area is 194 Å². The minimum absolute atomic E-state index is 0.124. The number of amides is 2. The quantitative estimate of drug-likeness (QED) is 0.264. The first-order chi connectivity index (χ1) is 15.6. The van der Waals surface area contributed by atoms with Crippen LogP contribution in [-0.4, -0.2) is 82.8 Å². The van der Waals surface area contributed by atoms with Gasteiger partial charge in [-0.3, -0.25) is 20.2 Å². The number of phenolic OH excluding ortho intramolecular Hbond substituents is 1. The summed E-state index contributed by atoms with van der Waals surface area (Å²) in [6.45, 7) is 6.92. The summed E-state index contributed by atoms with van der Waals surface area (Å²) in [5, 5.41) is 46.0. The molecule has 184 valence electrons. The molecule has 1 aromatic carbocycles. The molecule has 2 saturated heterocycles. The summed E-state index contributed by atoms with van der Waals surface area (Å²) in [6.07, 6.45) is -1.38. The van der Waals surface area contributed by atoms with Crippen LogP contribution in [0.1, 0.15) is 32.8 Å². The Morgan fingerprint density at radius 3 is 2.24 bits per heavy atom. The van der Waals surface area contributed by atoms with Gasteiger partial charge in [0.1, 0.15) is 18.0 Å². The second kappa shape index (κ2) is 10.8. The molecule has 0 saturated carbocycles. The monoisotopic (exact) mass is 463 g/mol. The summed E-state index contributed by atoms with van der Waals surface area (Å²) in [5.74, 6) is -0.439. The summed E-state index contributed by atoms with van der Waals surface area (Å²) >= 11 is 0. The SMILES string of the molecule is CC(C)C[C@@H]1NC(O)[C@H]([C@@H](C)O)NC2(CNC2)CNC(=O)[C@H](Cc2ccc(O)cc2)NC1=O. The van der Waals surface area contributed by atoms with Crippen LogP contribution in [0.4, 0.5) is 0 Å². The van der Waals surface area contributed by atoms with Gasteiger partial charge in [0.2, 0.25) is 11.8 Å². The molecule has 5 atom stereocenters. The van der Waals surface area contributed by atoms with Gasteiger partial charge in [-0.1, -0.05) is 26.0 Å². The molecular formula is C23H37N5O5. The first kappa shape index (κ1) is 25.4. The average molecular weight is 464 g/mol. The molecule has 0 aromatic heterocycles. The van der Waals surface area contributed by atoms with Gasteiger partial charge in [0.25, 0.3) is 0 Å². The van der Waals surface area contributed by atoms with E-state index in [1.165, 1.54) is 0 Å². The molecule has 8 N–H and O–H groups in total. The number of phenols is 1. The van der Waals surface area contributed by atoms with Crippen LogP contribution in [0, 0.1) is 5.92 Å². The standard InChI is InChI=1S/C23H37N5O5/c1-13(2)8-17-21(32)26-18(9-15-4-6-16(30)7-5-15)20(31)25-12-23(10-24-11-23)28-19(14(3)29)22(33)27-17/h4-7,13-14,17-19,22,24,27-30,33H,8-12H2,1-3H3,(H,25,31)(H,26,32)/t14-,17+,18+,19+,22?/m1/s1. The predicted octanol–water partition coefficient (Wildman–Crippen LogP) is -1.45. The third kappa shape index (κ3) is 6.64. The van der Waals surface area contributed by atoms with E-state index in [2.05, 4.69) is 26.6 Å². The molecule has 0 bridgehead atoms. The Morgan fingerprint density at radius 1 is 1.03 bits per heavy atom. The second-order valence-electron chi connectivity index (χ2n) is 9.74. The molecule has 10 nitrogen and oxygen atoms in total. The normalized spacial score (nSPS) is 29.4. The number of hydrogen-bond donors (Lipinski definition) is 8. The molecule has 0 radical (unpaired) electrons. The van der Waals surface area contributed by atoms with E-state index in [-0.39, 0.29) is 30.5 Å². The van der Waals surface area contributed by atoms with Crippen LogP contribution in [0.3, 0.4) is 0 Å². The smallest absolute Gasteiger partial charge is 0.242 e. The minimum atomic E-state index is -1.18. The van der Waals surface area contributed by atoms with Gasteiger partial charge in [0.05, 0.1) is 23.7 Å². The van der Waals surface area contributed by atoms with Crippen LogP contribution in [0.25, 0.3) is 0 Å². The fourth-order valence-corrected chi connectivity index (χ4v) is 4.28. The van der Waals surface area contributed by atoms with Crippen molar-refractivity contribution in [1.82, 2.24) is 26.6 Å². The van der Waals surface area contributed by atoms with Gasteiger partial charge in [0, 0.05) is 26.1 Å². The van der Waals surface area contributed by atoms with Crippen LogP contribution < -0.4 is 26.6 Å². The van der Waals surface area contributed by atoms with Crippen molar-refractivity contribution in [2.75, 3.05) is 19.6 Å². The number of carbonyl (C=O) groups excluding carboxylic acids is 2. The number of nitrogens with one attached hydrogen (secondary N) is 5. The molecule has 33 heavy (non-hydrogen) atoms. The van der Waals surface area contributed by atoms with Gasteiger partial charge in [0.15, 0.2) is 0 Å². The van der Waals surface area contributed by atoms with E-state index in [0.717, 1.165) is 5.56 Å². The Bertz CT molecular complexity index is 812. The third-order valence-corrected chi connectivity index (χ3v) is 6.27. The maximum absolute atomic E-state index is 13.2. The summed E-state index contributed by atoms with van der Waals surface area (Å²) in [5.41, 5.74) is 0.265. The summed E-state index contributed by atoms with van der Waals surface area (Å²) in [4.78, 5) is 26.3. The number of aliphatic hydroxyl groups excluding tert-OH is 2. The number of hydrogen-bond acceptors (Lipinski definition) is 8. The molecule has 2 heterocycles. The number of aliphatic hydroxyl groups is 2. The lowest BCUT2D eigenvalue weighted by molar-refractivity contribution is -0.132. The van der Waals surface area contributed by atoms with Gasteiger partial charge in [-0.2, -0.15) is 0 Å². The molecular weight excluding hydrogens is 426 g/mol. The molecule has 1 aromatic rings. The van der Waals surface area contributed by atoms with Crippen LogP contribution in [-0.2, 0) is 16.0 Å². The summed E-state index contributed by atoms with van der Waals surface area (Å²) in [6, 6.07) is 4.19. The van der Waals surface area contributed by atoms with Crippen LogP contribution in [0.2, 0.25) is 0 Å². The van der Waals surface area contributed by atoms with Crippen molar-refractivity contribution in [3.63, 3.8) is 0 Å². The Morgan fingerprint density at radius 2 is 1.70 bits per heavy atom. The lowest BCUT2D eigenvalue weighted by Gasteiger charge is -2.48. The van der Waals surface area contributed by atoms with Crippen molar-refractivity contribution < 1.29 is 24.9 Å². The number of aromatic hydroxyl groups is 1. The number of rotatable bonds is 5. The van der Waals surface area contributed by atoms with Crippen LogP contribution in [0.15, 0.2) is 24.3 Å². The molecule has 3 rings (SSSR count). The van der Waals surface area contributed by atoms with E-state index in [0.29, 0.717) is 19.5 Å². The highest BCUT2D eigenvalue weighted by atomic mass is 16.3. The topological polar surface area (TPSA) is 155 Å². The maximum Gasteiger partial charge on any atom is 0.242 e. The second-order valence-corrected chi connectivity index (χ2v) is 9.74. The fourth-order valence-electron chi connectivity index (χ4n) is 4.28. The van der Waals surface area contributed by atoms with Crippen molar-refractivity contribution in [1.29, 1.82) is 0 Å². The van der Waals surface area contributed by atoms with Crippen molar-refractivity contribution in [3.05, 3.63) is 29.8 Å². The lowest BCUT2D eigenvalue weighted by Crippen LogP contribution is -2.77. The van der Waals surface area contributed by atoms with Crippen molar-refractivity contribution in [2.45, 2.75) is 69.6 Å². The molecule has 1 unspecified atom stereocenters. The zero-order valence-corrected chi connectivity index (χ0v) is 19.5. The van der Waals surface area contributed by atoms with Crippen LogP contribution >= 0.6 is 0 Å². The van der Waals surface area contributed by atoms with Crippen LogP contribution in [0.5, 0.6) is 5.75 Å². The molecule has 0 aliphatic carbocycles. The highest BCUT2D eigenvalue weighted by Crippen LogP contribution is 2.17. The zero-order chi connectivity index (χ0) is 24.2. The average Bonchev–Trinajstić information content (AvgIpc) is 2.71. The summed E-state index contributed by atoms with van der Waals surface area (Å²) in [7, 11) is 0. The lowest BCUT2D eigenvalue weighted by atomic mass is 9.89. The highest BCUT2D eigenvalue weighted by Gasteiger charge is 2.43. The first-order valence-corrected chi connectivity index (χ1v) is 11.6. The van der Waals surface area contributed by atoms with E-state index in [4.69, 9.17) is 0 Å². The Hall–Kier alpha value is -2.24. The molecule has 2 aliphatic rings. The van der Waals surface area contributed by atoms with E-state index >= 15 is 0 Å². The van der Waals surface area contributed by atoms with Gasteiger partial charge < -0.3 is 31.3 Å². The van der Waals surface area contributed by atoms with Crippen molar-refractivity contribution in [2.24, 2.45) is 5.92 Å². The number of benzene rings is 1. The first-order valence-electron chi connectivity index (χ1n) is 11.6. The molecule has 2 fully saturated rings. The molecule has 10 heteroatoms. The van der Waals surface area contributed by atoms with Gasteiger partial charge in [-0.25, -0.2) is 0 Å². The Balaban J connectivity index is 1.88. The number of carbonyl (C=O) groups is 2. The van der Waals surface area contributed by atoms with E-state index in [1.54, 1.807) is 31.2 Å². The predicted molar refractivity (Wildman–Crippen MR) is 123 cm³/mol. The van der Waals surface area contributed by atoms with Gasteiger partial charge in [-0.15, -0.1) is 0 Å². The fraction of sp³-hybridized carbons (Fsp3) is 0.652. The summed E-state index contributed by atoms with van der Waals surface area (Å²) < 4.78 is 0. The Kier molecular flexibility index (Phi) is 8.30. The zero-order valence-electron chi connectivity index (χ0n) is 19.5. The largest absolute Gasteiger partial charge is 0.508 e. The van der Waals surface area contributed by atoms with Gasteiger partial charge in [-0.05, 0) is 37.0 Å². The molecule has 2 amide bonds. The van der Waals surface area contributed by atoms with Crippen molar-refractivity contribution >= 4 is 11.8 Å². The highest BCUT2D eigenvalue weighted by molar-refractivity contribution is 5.90. The maximum atomic E-state index is 13.2. The molecule has 2 aliphatic heterocycles. The van der Waals surface area contributed by atoms with E-state index in [9.17, 15) is 24.9 Å². The van der Waals surface area contributed by atoms with E-state index in [1.807, 2.05) is 13.8 Å². The minimum Gasteiger partial charge on any atom is -0.508 e. The van der Waals surface area contributed by atoms with Crippen molar-refractivity contribution in [3.8, 4) is 5.75 Å². The van der Waals surface area contributed by atoms with E-state index < -0.39 is 41.9 Å². The molecule has 1 spiro atoms.